The van der Waals surface area contributed by atoms with Crippen LogP contribution in [0, 0.1) is 0 Å². The summed E-state index contributed by atoms with van der Waals surface area (Å²) in [6.45, 7) is 4.21. The molecule has 0 rings (SSSR count). The highest BCUT2D eigenvalue weighted by Gasteiger charge is 2.34. The Kier molecular flexibility index (Phi) is 3.04. The van der Waals surface area contributed by atoms with Crippen LogP contribution in [0.2, 0.25) is 0 Å². The summed E-state index contributed by atoms with van der Waals surface area (Å²) in [7, 11) is 0. The Morgan fingerprint density at radius 3 is 2.09 bits per heavy atom. The first-order valence-electron chi connectivity index (χ1n) is 3.35. The van der Waals surface area contributed by atoms with Crippen LogP contribution in [0.5, 0.6) is 0 Å². The smallest absolute Gasteiger partial charge is 0.347 e. The highest BCUT2D eigenvalue weighted by atomic mass is 16.6. The molecule has 1 atom stereocenters. The molecule has 0 aromatic rings. The van der Waals surface area contributed by atoms with Gasteiger partial charge in [-0.1, -0.05) is 6.92 Å². The maximum atomic E-state index is 10.5. The van der Waals surface area contributed by atoms with Crippen molar-refractivity contribution in [2.24, 2.45) is 0 Å². The van der Waals surface area contributed by atoms with Gasteiger partial charge in [0.15, 0.2) is 0 Å². The van der Waals surface area contributed by atoms with Gasteiger partial charge in [-0.2, -0.15) is 0 Å². The second kappa shape index (κ2) is 3.37. The van der Waals surface area contributed by atoms with Crippen molar-refractivity contribution in [3.63, 3.8) is 0 Å². The van der Waals surface area contributed by atoms with Gasteiger partial charge in [0.05, 0.1) is 0 Å². The molecule has 0 aliphatic rings. The predicted octanol–water partition coefficient (Wildman–Crippen LogP) is 0.803. The van der Waals surface area contributed by atoms with E-state index in [1.807, 2.05) is 0 Å². The molecule has 4 heteroatoms. The molecule has 0 aliphatic heterocycles. The Hall–Kier alpha value is -1.06. The maximum absolute atomic E-state index is 10.5. The molecule has 11 heavy (non-hydrogen) atoms. The molecule has 64 valence electrons. The van der Waals surface area contributed by atoms with E-state index in [1.54, 1.807) is 6.92 Å². The van der Waals surface area contributed by atoms with E-state index in [1.165, 1.54) is 13.8 Å². The number of carboxylic acids is 1. The summed E-state index contributed by atoms with van der Waals surface area (Å²) < 4.78 is 4.61. The summed E-state index contributed by atoms with van der Waals surface area (Å²) in [6, 6.07) is 0. The molecule has 0 aromatic heterocycles. The van der Waals surface area contributed by atoms with Crippen LogP contribution in [-0.2, 0) is 14.3 Å². The van der Waals surface area contributed by atoms with Gasteiger partial charge >= 0.3 is 11.9 Å². The molecule has 0 saturated heterocycles. The van der Waals surface area contributed by atoms with Gasteiger partial charge in [0.25, 0.3) is 0 Å². The number of carbonyl (C=O) groups excluding carboxylic acids is 1. The largest absolute Gasteiger partial charge is 0.478 e. The molecule has 0 saturated carbocycles. The Balaban J connectivity index is 4.34. The SMILES string of the molecule is CC[C@](C)(OC(C)=O)C(=O)O. The van der Waals surface area contributed by atoms with Gasteiger partial charge in [-0.25, -0.2) is 4.79 Å². The predicted molar refractivity (Wildman–Crippen MR) is 38.1 cm³/mol. The fraction of sp³-hybridized carbons (Fsp3) is 0.714. The second-order valence-corrected chi connectivity index (χ2v) is 2.48. The molecular weight excluding hydrogens is 148 g/mol. The van der Waals surface area contributed by atoms with E-state index in [0.29, 0.717) is 0 Å². The number of aliphatic carboxylic acids is 1. The van der Waals surface area contributed by atoms with E-state index in [9.17, 15) is 9.59 Å². The Bertz CT molecular complexity index is 175. The van der Waals surface area contributed by atoms with Crippen LogP contribution in [-0.4, -0.2) is 22.6 Å². The first-order valence-corrected chi connectivity index (χ1v) is 3.35. The van der Waals surface area contributed by atoms with E-state index in [2.05, 4.69) is 4.74 Å². The fourth-order valence-electron chi connectivity index (χ4n) is 0.584. The minimum Gasteiger partial charge on any atom is -0.478 e. The number of carbonyl (C=O) groups is 2. The standard InChI is InChI=1S/C7H12O4/c1-4-7(3,6(9)10)11-5(2)8/h4H2,1-3H3,(H,9,10)/t7-/m0/s1. The van der Waals surface area contributed by atoms with Crippen molar-refractivity contribution in [1.29, 1.82) is 0 Å². The number of carboxylic acid groups (broad SMARTS) is 1. The molecule has 4 nitrogen and oxygen atoms in total. The Labute approximate surface area is 65.2 Å². The van der Waals surface area contributed by atoms with Crippen LogP contribution in [0.25, 0.3) is 0 Å². The highest BCUT2D eigenvalue weighted by Crippen LogP contribution is 2.15. The number of hydrogen-bond donors (Lipinski definition) is 1. The molecular formula is C7H12O4. The van der Waals surface area contributed by atoms with Gasteiger partial charge in [-0.3, -0.25) is 4.79 Å². The zero-order chi connectivity index (χ0) is 9.07. The van der Waals surface area contributed by atoms with Crippen LogP contribution in [0.4, 0.5) is 0 Å². The van der Waals surface area contributed by atoms with Crippen LogP contribution in [0.3, 0.4) is 0 Å². The van der Waals surface area contributed by atoms with Crippen molar-refractivity contribution < 1.29 is 19.4 Å². The lowest BCUT2D eigenvalue weighted by molar-refractivity contribution is -0.175. The molecule has 0 aliphatic carbocycles. The molecule has 0 aromatic carbocycles. The van der Waals surface area contributed by atoms with Gasteiger partial charge in [0, 0.05) is 6.92 Å². The van der Waals surface area contributed by atoms with Gasteiger partial charge in [-0.15, -0.1) is 0 Å². The molecule has 0 fully saturated rings. The zero-order valence-electron chi connectivity index (χ0n) is 6.88. The summed E-state index contributed by atoms with van der Waals surface area (Å²) in [4.78, 5) is 20.9. The van der Waals surface area contributed by atoms with Crippen LogP contribution in [0.15, 0.2) is 0 Å². The topological polar surface area (TPSA) is 63.6 Å². The van der Waals surface area contributed by atoms with Gasteiger partial charge < -0.3 is 9.84 Å². The number of rotatable bonds is 3. The van der Waals surface area contributed by atoms with Crippen LogP contribution in [0.1, 0.15) is 27.2 Å². The van der Waals surface area contributed by atoms with E-state index in [4.69, 9.17) is 5.11 Å². The molecule has 1 N–H and O–H groups in total. The van der Waals surface area contributed by atoms with Crippen molar-refractivity contribution in [1.82, 2.24) is 0 Å². The van der Waals surface area contributed by atoms with E-state index < -0.39 is 17.5 Å². The maximum Gasteiger partial charge on any atom is 0.347 e. The van der Waals surface area contributed by atoms with Crippen molar-refractivity contribution in [2.75, 3.05) is 0 Å². The molecule has 0 spiro atoms. The summed E-state index contributed by atoms with van der Waals surface area (Å²) >= 11 is 0. The Morgan fingerprint density at radius 1 is 1.55 bits per heavy atom. The summed E-state index contributed by atoms with van der Waals surface area (Å²) in [5.74, 6) is -1.69. The first-order chi connectivity index (χ1) is 4.92. The molecule has 0 heterocycles. The van der Waals surface area contributed by atoms with E-state index >= 15 is 0 Å². The summed E-state index contributed by atoms with van der Waals surface area (Å²) in [5.41, 5.74) is -1.37. The lowest BCUT2D eigenvalue weighted by Gasteiger charge is -2.22. The third-order valence-corrected chi connectivity index (χ3v) is 1.50. The molecule has 0 bridgehead atoms. The zero-order valence-corrected chi connectivity index (χ0v) is 6.88. The van der Waals surface area contributed by atoms with Crippen LogP contribution < -0.4 is 0 Å². The van der Waals surface area contributed by atoms with Crippen molar-refractivity contribution >= 4 is 11.9 Å². The quantitative estimate of drug-likeness (QED) is 0.620. The summed E-state index contributed by atoms with van der Waals surface area (Å²) in [5, 5.41) is 8.60. The molecule has 0 unspecified atom stereocenters. The molecule has 0 amide bonds. The van der Waals surface area contributed by atoms with Crippen molar-refractivity contribution in [3.05, 3.63) is 0 Å². The van der Waals surface area contributed by atoms with E-state index in [-0.39, 0.29) is 6.42 Å². The number of hydrogen-bond acceptors (Lipinski definition) is 3. The van der Waals surface area contributed by atoms with Gasteiger partial charge in [0.1, 0.15) is 0 Å². The number of ether oxygens (including phenoxy) is 1. The first kappa shape index (κ1) is 9.94. The normalized spacial score (nSPS) is 15.2. The van der Waals surface area contributed by atoms with Crippen molar-refractivity contribution in [2.45, 2.75) is 32.8 Å². The van der Waals surface area contributed by atoms with E-state index in [0.717, 1.165) is 0 Å². The highest BCUT2D eigenvalue weighted by molar-refractivity contribution is 5.80. The number of esters is 1. The average molecular weight is 160 g/mol. The monoisotopic (exact) mass is 160 g/mol. The van der Waals surface area contributed by atoms with Gasteiger partial charge in [-0.05, 0) is 13.3 Å². The minimum atomic E-state index is -1.37. The third kappa shape index (κ3) is 2.57. The second-order valence-electron chi connectivity index (χ2n) is 2.48. The third-order valence-electron chi connectivity index (χ3n) is 1.50. The molecule has 0 radical (unpaired) electrons. The minimum absolute atomic E-state index is 0.266. The van der Waals surface area contributed by atoms with Crippen molar-refractivity contribution in [3.8, 4) is 0 Å². The Morgan fingerprint density at radius 2 is 2.00 bits per heavy atom. The fourth-order valence-corrected chi connectivity index (χ4v) is 0.584. The van der Waals surface area contributed by atoms with Crippen LogP contribution >= 0.6 is 0 Å². The average Bonchev–Trinajstić information content (AvgIpc) is 1.86. The lowest BCUT2D eigenvalue weighted by atomic mass is 10.0. The van der Waals surface area contributed by atoms with Gasteiger partial charge in [0.2, 0.25) is 5.60 Å². The summed E-state index contributed by atoms with van der Waals surface area (Å²) in [6.07, 6.45) is 0.266. The lowest BCUT2D eigenvalue weighted by Crippen LogP contribution is -2.39.